The van der Waals surface area contributed by atoms with E-state index in [1.165, 1.54) is 0 Å². The molecule has 0 bridgehead atoms. The van der Waals surface area contributed by atoms with Gasteiger partial charge in [0.1, 0.15) is 6.29 Å². The molecule has 0 aromatic heterocycles. The van der Waals surface area contributed by atoms with Crippen molar-refractivity contribution in [2.75, 3.05) is 0 Å². The molecule has 0 heterocycles. The summed E-state index contributed by atoms with van der Waals surface area (Å²) in [5.74, 6) is -1.89. The molecular formula is C13H12N2O7. The van der Waals surface area contributed by atoms with Crippen LogP contribution in [0.3, 0.4) is 0 Å². The van der Waals surface area contributed by atoms with Crippen LogP contribution in [0, 0.1) is 10.1 Å². The molecule has 0 spiro atoms. The highest BCUT2D eigenvalue weighted by Gasteiger charge is 2.21. The molecule has 0 saturated carbocycles. The molecule has 1 rings (SSSR count). The number of rotatable bonds is 6. The molecule has 116 valence electrons. The fraction of sp³-hybridized carbons (Fsp3) is 0.231. The lowest BCUT2D eigenvalue weighted by atomic mass is 10.1. The van der Waals surface area contributed by atoms with E-state index in [1.807, 2.05) is 0 Å². The number of aldehydes is 1. The molecule has 0 saturated heterocycles. The number of hydrogen-bond donors (Lipinski definition) is 0. The van der Waals surface area contributed by atoms with Gasteiger partial charge >= 0.3 is 5.97 Å². The zero-order valence-corrected chi connectivity index (χ0v) is 11.6. The first-order valence-electron chi connectivity index (χ1n) is 6.17. The summed E-state index contributed by atoms with van der Waals surface area (Å²) in [6, 6.07) is 2.90. The van der Waals surface area contributed by atoms with Gasteiger partial charge in [-0.2, -0.15) is 0 Å². The molecule has 0 N–H and O–H groups in total. The van der Waals surface area contributed by atoms with Gasteiger partial charge in [-0.3, -0.25) is 24.5 Å². The van der Waals surface area contributed by atoms with Crippen LogP contribution in [0.15, 0.2) is 18.2 Å². The Balaban J connectivity index is 3.04. The SMILES string of the molecule is CCCC(=O)N(C=O)OC(=O)c1cc(C=O)cc([N+](=O)[O-])c1. The van der Waals surface area contributed by atoms with Crippen molar-refractivity contribution >= 4 is 30.3 Å². The predicted octanol–water partition coefficient (Wildman–Crippen LogP) is 1.26. The van der Waals surface area contributed by atoms with Gasteiger partial charge in [0.2, 0.25) is 0 Å². The van der Waals surface area contributed by atoms with Crippen LogP contribution in [-0.2, 0) is 14.4 Å². The lowest BCUT2D eigenvalue weighted by Gasteiger charge is -2.13. The lowest BCUT2D eigenvalue weighted by Crippen LogP contribution is -2.32. The standard InChI is InChI=1S/C13H12N2O7/c1-2-3-12(18)14(8-17)22-13(19)10-4-9(7-16)5-11(6-10)15(20)21/h4-8H,2-3H2,1H3. The molecule has 1 aromatic carbocycles. The second-order valence-electron chi connectivity index (χ2n) is 4.14. The maximum Gasteiger partial charge on any atom is 0.364 e. The smallest absolute Gasteiger partial charge is 0.325 e. The number of nitro benzene ring substituents is 1. The van der Waals surface area contributed by atoms with E-state index in [-0.39, 0.29) is 29.0 Å². The molecule has 9 heteroatoms. The van der Waals surface area contributed by atoms with E-state index < -0.39 is 22.5 Å². The van der Waals surface area contributed by atoms with Crippen LogP contribution in [0.2, 0.25) is 0 Å². The number of amides is 2. The third kappa shape index (κ3) is 4.20. The topological polar surface area (TPSA) is 124 Å². The minimum atomic E-state index is -1.16. The highest BCUT2D eigenvalue weighted by atomic mass is 16.7. The number of carbonyl (C=O) groups is 4. The molecule has 1 aromatic rings. The normalized spacial score (nSPS) is 9.68. The predicted molar refractivity (Wildman–Crippen MR) is 71.7 cm³/mol. The van der Waals surface area contributed by atoms with Gasteiger partial charge in [-0.25, -0.2) is 4.79 Å². The third-order valence-corrected chi connectivity index (χ3v) is 2.51. The van der Waals surface area contributed by atoms with E-state index in [2.05, 4.69) is 4.84 Å². The van der Waals surface area contributed by atoms with Crippen LogP contribution < -0.4 is 0 Å². The number of non-ortho nitro benzene ring substituents is 1. The first-order valence-corrected chi connectivity index (χ1v) is 6.17. The number of hydroxylamine groups is 2. The summed E-state index contributed by atoms with van der Waals surface area (Å²) in [7, 11) is 0. The van der Waals surface area contributed by atoms with Crippen LogP contribution in [-0.4, -0.2) is 34.6 Å². The second kappa shape index (κ2) is 7.62. The van der Waals surface area contributed by atoms with Crippen molar-refractivity contribution in [3.63, 3.8) is 0 Å². The highest BCUT2D eigenvalue weighted by molar-refractivity contribution is 5.95. The molecule has 0 aliphatic carbocycles. The molecule has 2 amide bonds. The fourth-order valence-electron chi connectivity index (χ4n) is 1.52. The molecule has 0 aliphatic heterocycles. The average Bonchev–Trinajstić information content (AvgIpc) is 2.51. The molecule has 0 atom stereocenters. The summed E-state index contributed by atoms with van der Waals surface area (Å²) in [5.41, 5.74) is -0.930. The molecule has 0 fully saturated rings. The minimum Gasteiger partial charge on any atom is -0.325 e. The minimum absolute atomic E-state index is 0.0133. The van der Waals surface area contributed by atoms with Gasteiger partial charge in [0, 0.05) is 24.1 Å². The summed E-state index contributed by atoms with van der Waals surface area (Å²) < 4.78 is 0. The molecule has 9 nitrogen and oxygen atoms in total. The van der Waals surface area contributed by atoms with E-state index >= 15 is 0 Å². The Labute approximate surface area is 124 Å². The number of hydrogen-bond acceptors (Lipinski definition) is 7. The van der Waals surface area contributed by atoms with Crippen molar-refractivity contribution in [1.29, 1.82) is 0 Å². The van der Waals surface area contributed by atoms with Crippen LogP contribution in [0.4, 0.5) is 5.69 Å². The number of nitrogens with zero attached hydrogens (tertiary/aromatic N) is 2. The van der Waals surface area contributed by atoms with Crippen LogP contribution in [0.5, 0.6) is 0 Å². The molecule has 0 unspecified atom stereocenters. The van der Waals surface area contributed by atoms with Crippen molar-refractivity contribution in [2.45, 2.75) is 19.8 Å². The van der Waals surface area contributed by atoms with E-state index in [0.717, 1.165) is 18.2 Å². The highest BCUT2D eigenvalue weighted by Crippen LogP contribution is 2.17. The number of imide groups is 1. The Morgan fingerprint density at radius 1 is 1.32 bits per heavy atom. The van der Waals surface area contributed by atoms with Crippen molar-refractivity contribution in [1.82, 2.24) is 5.06 Å². The van der Waals surface area contributed by atoms with Crippen LogP contribution in [0.1, 0.15) is 40.5 Å². The number of carbonyl (C=O) groups excluding carboxylic acids is 4. The van der Waals surface area contributed by atoms with Gasteiger partial charge in [-0.15, -0.1) is 5.06 Å². The van der Waals surface area contributed by atoms with E-state index in [0.29, 0.717) is 12.7 Å². The molecular weight excluding hydrogens is 296 g/mol. The van der Waals surface area contributed by atoms with E-state index in [4.69, 9.17) is 0 Å². The Kier molecular flexibility index (Phi) is 5.87. The zero-order valence-electron chi connectivity index (χ0n) is 11.6. The quantitative estimate of drug-likeness (QED) is 0.440. The number of nitro groups is 1. The van der Waals surface area contributed by atoms with Gasteiger partial charge < -0.3 is 4.84 Å². The number of benzene rings is 1. The zero-order chi connectivity index (χ0) is 16.7. The third-order valence-electron chi connectivity index (χ3n) is 2.51. The van der Waals surface area contributed by atoms with Gasteiger partial charge in [-0.1, -0.05) is 6.92 Å². The van der Waals surface area contributed by atoms with E-state index in [1.54, 1.807) is 6.92 Å². The Hall–Kier alpha value is -3.10. The largest absolute Gasteiger partial charge is 0.364 e. The van der Waals surface area contributed by atoms with Crippen molar-refractivity contribution in [2.24, 2.45) is 0 Å². The van der Waals surface area contributed by atoms with Gasteiger partial charge in [0.15, 0.2) is 0 Å². The van der Waals surface area contributed by atoms with Crippen LogP contribution in [0.25, 0.3) is 0 Å². The summed E-state index contributed by atoms with van der Waals surface area (Å²) in [5, 5.41) is 10.9. The monoisotopic (exact) mass is 308 g/mol. The van der Waals surface area contributed by atoms with Gasteiger partial charge in [0.05, 0.1) is 10.5 Å². The summed E-state index contributed by atoms with van der Waals surface area (Å²) in [6.07, 6.45) is 0.769. The summed E-state index contributed by atoms with van der Waals surface area (Å²) in [6.45, 7) is 1.69. The van der Waals surface area contributed by atoms with Crippen molar-refractivity contribution in [3.8, 4) is 0 Å². The average molecular weight is 308 g/mol. The Bertz CT molecular complexity index is 627. The van der Waals surface area contributed by atoms with Crippen molar-refractivity contribution < 1.29 is 28.9 Å². The fourth-order valence-corrected chi connectivity index (χ4v) is 1.52. The Morgan fingerprint density at radius 2 is 2.00 bits per heavy atom. The molecule has 22 heavy (non-hydrogen) atoms. The summed E-state index contributed by atoms with van der Waals surface area (Å²) in [4.78, 5) is 59.3. The first-order chi connectivity index (χ1) is 10.4. The van der Waals surface area contributed by atoms with Gasteiger partial charge in [-0.05, 0) is 12.5 Å². The maximum atomic E-state index is 11.9. The van der Waals surface area contributed by atoms with E-state index in [9.17, 15) is 29.3 Å². The summed E-state index contributed by atoms with van der Waals surface area (Å²) >= 11 is 0. The molecule has 0 radical (unpaired) electrons. The maximum absolute atomic E-state index is 11.9. The molecule has 0 aliphatic rings. The second-order valence-corrected chi connectivity index (χ2v) is 4.14. The van der Waals surface area contributed by atoms with Crippen LogP contribution >= 0.6 is 0 Å². The van der Waals surface area contributed by atoms with Gasteiger partial charge in [0.25, 0.3) is 18.0 Å². The first kappa shape index (κ1) is 17.0. The lowest BCUT2D eigenvalue weighted by molar-refractivity contribution is -0.384. The Morgan fingerprint density at radius 3 is 2.50 bits per heavy atom. The van der Waals surface area contributed by atoms with Crippen molar-refractivity contribution in [3.05, 3.63) is 39.4 Å².